The molecule has 1 fully saturated rings. The summed E-state index contributed by atoms with van der Waals surface area (Å²) in [6.07, 6.45) is 3.47. The van der Waals surface area contributed by atoms with Gasteiger partial charge < -0.3 is 9.84 Å². The van der Waals surface area contributed by atoms with Crippen molar-refractivity contribution >= 4 is 11.6 Å². The maximum absolute atomic E-state index is 9.42. The lowest BCUT2D eigenvalue weighted by atomic mass is 9.75. The van der Waals surface area contributed by atoms with Crippen molar-refractivity contribution in [3.05, 3.63) is 0 Å². The number of alkyl halides is 1. The molecule has 0 amide bonds. The zero-order valence-electron chi connectivity index (χ0n) is 10.7. The molecule has 2 nitrogen and oxygen atoms in total. The first-order valence-electron chi connectivity index (χ1n) is 6.40. The third kappa shape index (κ3) is 4.23. The van der Waals surface area contributed by atoms with Gasteiger partial charge in [0.05, 0.1) is 24.7 Å². The lowest BCUT2D eigenvalue weighted by Gasteiger charge is -2.37. The van der Waals surface area contributed by atoms with Gasteiger partial charge in [-0.15, -0.1) is 11.6 Å². The van der Waals surface area contributed by atoms with Crippen molar-refractivity contribution in [3.63, 3.8) is 0 Å². The zero-order valence-corrected chi connectivity index (χ0v) is 11.4. The zero-order chi connectivity index (χ0) is 12.1. The first kappa shape index (κ1) is 14.3. The van der Waals surface area contributed by atoms with Crippen molar-refractivity contribution in [1.82, 2.24) is 0 Å². The minimum absolute atomic E-state index is 0.259. The van der Waals surface area contributed by atoms with Crippen LogP contribution in [0.25, 0.3) is 0 Å². The predicted molar refractivity (Wildman–Crippen MR) is 67.8 cm³/mol. The molecule has 1 saturated carbocycles. The summed E-state index contributed by atoms with van der Waals surface area (Å²) in [6, 6.07) is 0. The number of aliphatic hydroxyl groups excluding tert-OH is 1. The molecule has 1 unspecified atom stereocenters. The highest BCUT2D eigenvalue weighted by molar-refractivity contribution is 6.18. The molecule has 0 spiro atoms. The van der Waals surface area contributed by atoms with Crippen molar-refractivity contribution in [1.29, 1.82) is 0 Å². The van der Waals surface area contributed by atoms with Gasteiger partial charge in [0.2, 0.25) is 0 Å². The van der Waals surface area contributed by atoms with E-state index in [0.29, 0.717) is 24.5 Å². The normalized spacial score (nSPS) is 33.0. The van der Waals surface area contributed by atoms with Gasteiger partial charge in [-0.05, 0) is 30.6 Å². The summed E-state index contributed by atoms with van der Waals surface area (Å²) >= 11 is 5.57. The second-order valence-electron chi connectivity index (χ2n) is 5.51. The van der Waals surface area contributed by atoms with Gasteiger partial charge in [-0.3, -0.25) is 0 Å². The summed E-state index contributed by atoms with van der Waals surface area (Å²) < 4.78 is 5.85. The third-order valence-electron chi connectivity index (χ3n) is 3.64. The Bertz CT molecular complexity index is 196. The first-order chi connectivity index (χ1) is 7.54. The van der Waals surface area contributed by atoms with Crippen LogP contribution in [0.3, 0.4) is 0 Å². The second kappa shape index (κ2) is 6.83. The Balaban J connectivity index is 2.44. The molecule has 0 aromatic rings. The monoisotopic (exact) mass is 248 g/mol. The minimum Gasteiger partial charge on any atom is -0.389 e. The Morgan fingerprint density at radius 3 is 2.62 bits per heavy atom. The van der Waals surface area contributed by atoms with Gasteiger partial charge >= 0.3 is 0 Å². The van der Waals surface area contributed by atoms with E-state index in [4.69, 9.17) is 16.3 Å². The highest BCUT2D eigenvalue weighted by Gasteiger charge is 2.31. The van der Waals surface area contributed by atoms with Crippen LogP contribution in [0.2, 0.25) is 0 Å². The maximum Gasteiger partial charge on any atom is 0.0908 e. The van der Waals surface area contributed by atoms with Crippen molar-refractivity contribution in [2.45, 2.75) is 52.2 Å². The van der Waals surface area contributed by atoms with E-state index in [-0.39, 0.29) is 5.88 Å². The Kier molecular flexibility index (Phi) is 6.09. The van der Waals surface area contributed by atoms with Crippen LogP contribution in [0.15, 0.2) is 0 Å². The topological polar surface area (TPSA) is 29.5 Å². The Morgan fingerprint density at radius 1 is 1.38 bits per heavy atom. The quantitative estimate of drug-likeness (QED) is 0.758. The smallest absolute Gasteiger partial charge is 0.0908 e. The fourth-order valence-corrected chi connectivity index (χ4v) is 2.67. The molecular weight excluding hydrogens is 224 g/mol. The van der Waals surface area contributed by atoms with Crippen LogP contribution in [0, 0.1) is 17.8 Å². The molecule has 0 heterocycles. The summed E-state index contributed by atoms with van der Waals surface area (Å²) in [5.74, 6) is 2.30. The molecule has 1 N–H and O–H groups in total. The molecule has 0 aromatic heterocycles. The van der Waals surface area contributed by atoms with Crippen molar-refractivity contribution < 1.29 is 9.84 Å². The summed E-state index contributed by atoms with van der Waals surface area (Å²) in [6.45, 7) is 7.18. The van der Waals surface area contributed by atoms with E-state index in [1.807, 2.05) is 0 Å². The fraction of sp³-hybridized carbons (Fsp3) is 1.00. The average molecular weight is 249 g/mol. The standard InChI is InChI=1S/C13H25ClO2/c1-9(2)12-5-4-10(3)6-13(12)16-8-11(15)7-14/h9-13,15H,4-8H2,1-3H3/t10-,11?,12+,13-/m1/s1. The van der Waals surface area contributed by atoms with Crippen LogP contribution in [0.4, 0.5) is 0 Å². The molecule has 0 aliphatic heterocycles. The van der Waals surface area contributed by atoms with Gasteiger partial charge in [-0.2, -0.15) is 0 Å². The number of ether oxygens (including phenoxy) is 1. The van der Waals surface area contributed by atoms with E-state index in [1.54, 1.807) is 0 Å². The van der Waals surface area contributed by atoms with Gasteiger partial charge in [0.1, 0.15) is 0 Å². The number of hydrogen-bond donors (Lipinski definition) is 1. The number of halogens is 1. The highest BCUT2D eigenvalue weighted by atomic mass is 35.5. The molecule has 4 atom stereocenters. The Labute approximate surface area is 104 Å². The van der Waals surface area contributed by atoms with Gasteiger partial charge in [0, 0.05) is 0 Å². The lowest BCUT2D eigenvalue weighted by Crippen LogP contribution is -2.36. The van der Waals surface area contributed by atoms with Gasteiger partial charge in [0.15, 0.2) is 0 Å². The Morgan fingerprint density at radius 2 is 2.06 bits per heavy atom. The number of rotatable bonds is 5. The minimum atomic E-state index is -0.522. The van der Waals surface area contributed by atoms with E-state index in [2.05, 4.69) is 20.8 Å². The van der Waals surface area contributed by atoms with Crippen LogP contribution in [-0.2, 0) is 4.74 Å². The molecule has 1 aliphatic rings. The largest absolute Gasteiger partial charge is 0.389 e. The summed E-state index contributed by atoms with van der Waals surface area (Å²) in [7, 11) is 0. The molecule has 16 heavy (non-hydrogen) atoms. The SMILES string of the molecule is CC(C)[C@@H]1CC[C@@H](C)C[C@H]1OCC(O)CCl. The van der Waals surface area contributed by atoms with Crippen molar-refractivity contribution in [2.75, 3.05) is 12.5 Å². The number of aliphatic hydroxyl groups is 1. The molecule has 0 bridgehead atoms. The third-order valence-corrected chi connectivity index (χ3v) is 4.00. The van der Waals surface area contributed by atoms with E-state index in [9.17, 15) is 5.11 Å². The van der Waals surface area contributed by atoms with Gasteiger partial charge in [-0.25, -0.2) is 0 Å². The van der Waals surface area contributed by atoms with E-state index in [1.165, 1.54) is 12.8 Å². The summed E-state index contributed by atoms with van der Waals surface area (Å²) in [5.41, 5.74) is 0. The van der Waals surface area contributed by atoms with Crippen LogP contribution in [-0.4, -0.2) is 29.8 Å². The molecule has 0 aromatic carbocycles. The molecule has 0 radical (unpaired) electrons. The van der Waals surface area contributed by atoms with Crippen molar-refractivity contribution in [3.8, 4) is 0 Å². The second-order valence-corrected chi connectivity index (χ2v) is 5.81. The lowest BCUT2D eigenvalue weighted by molar-refractivity contribution is -0.0647. The van der Waals surface area contributed by atoms with Crippen LogP contribution in [0.1, 0.15) is 40.0 Å². The summed E-state index contributed by atoms with van der Waals surface area (Å²) in [4.78, 5) is 0. The maximum atomic E-state index is 9.42. The van der Waals surface area contributed by atoms with Gasteiger partial charge in [0.25, 0.3) is 0 Å². The van der Waals surface area contributed by atoms with E-state index < -0.39 is 6.10 Å². The summed E-state index contributed by atoms with van der Waals surface area (Å²) in [5, 5.41) is 9.42. The molecular formula is C13H25ClO2. The molecule has 1 rings (SSSR count). The average Bonchev–Trinajstić information content (AvgIpc) is 2.25. The fourth-order valence-electron chi connectivity index (χ4n) is 2.59. The van der Waals surface area contributed by atoms with Crippen LogP contribution >= 0.6 is 11.6 Å². The highest BCUT2D eigenvalue weighted by Crippen LogP contribution is 2.35. The number of hydrogen-bond acceptors (Lipinski definition) is 2. The van der Waals surface area contributed by atoms with E-state index in [0.717, 1.165) is 12.3 Å². The molecule has 1 aliphatic carbocycles. The predicted octanol–water partition coefficient (Wildman–Crippen LogP) is 3.06. The van der Waals surface area contributed by atoms with Crippen LogP contribution < -0.4 is 0 Å². The first-order valence-corrected chi connectivity index (χ1v) is 6.93. The van der Waals surface area contributed by atoms with Gasteiger partial charge in [-0.1, -0.05) is 27.2 Å². The molecule has 96 valence electrons. The molecule has 3 heteroatoms. The van der Waals surface area contributed by atoms with E-state index >= 15 is 0 Å². The Hall–Kier alpha value is 0.210. The molecule has 0 saturated heterocycles. The van der Waals surface area contributed by atoms with Crippen LogP contribution in [0.5, 0.6) is 0 Å². The van der Waals surface area contributed by atoms with Crippen molar-refractivity contribution in [2.24, 2.45) is 17.8 Å².